The molecule has 0 bridgehead atoms. The van der Waals surface area contributed by atoms with Crippen molar-refractivity contribution in [3.8, 4) is 5.75 Å². The Bertz CT molecular complexity index is 976. The molecule has 2 aliphatic rings. The van der Waals surface area contributed by atoms with Gasteiger partial charge in [-0.3, -0.25) is 9.88 Å². The van der Waals surface area contributed by atoms with Crippen LogP contribution in [0.1, 0.15) is 12.1 Å². The van der Waals surface area contributed by atoms with Crippen LogP contribution in [0.15, 0.2) is 24.3 Å². The summed E-state index contributed by atoms with van der Waals surface area (Å²) in [7, 11) is -2.90. The van der Waals surface area contributed by atoms with Crippen LogP contribution < -0.4 is 9.64 Å². The van der Waals surface area contributed by atoms with Crippen LogP contribution in [0.3, 0.4) is 0 Å². The van der Waals surface area contributed by atoms with Gasteiger partial charge in [0, 0.05) is 49.0 Å². The molecule has 0 radical (unpaired) electrons. The second kappa shape index (κ2) is 7.44. The van der Waals surface area contributed by atoms with Crippen molar-refractivity contribution in [2.45, 2.75) is 26.0 Å². The summed E-state index contributed by atoms with van der Waals surface area (Å²) in [4.78, 5) is 8.96. The number of halogens is 2. The Morgan fingerprint density at radius 3 is 2.57 bits per heavy atom. The predicted octanol–water partition coefficient (Wildman–Crippen LogP) is 2.45. The molecular formula is C19H23F2N3O3S. The Kier molecular flexibility index (Phi) is 5.13. The van der Waals surface area contributed by atoms with E-state index in [1.807, 2.05) is 13.0 Å². The van der Waals surface area contributed by atoms with Crippen molar-refractivity contribution < 1.29 is 21.9 Å². The lowest BCUT2D eigenvalue weighted by Gasteiger charge is -2.39. The van der Waals surface area contributed by atoms with E-state index in [-0.39, 0.29) is 23.3 Å². The third-order valence-electron chi connectivity index (χ3n) is 5.49. The number of ether oxygens (including phenoxy) is 1. The largest absolute Gasteiger partial charge is 0.435 e. The smallest absolute Gasteiger partial charge is 0.387 e. The van der Waals surface area contributed by atoms with Crippen molar-refractivity contribution in [3.63, 3.8) is 0 Å². The minimum atomic E-state index is -2.90. The first-order valence-corrected chi connectivity index (χ1v) is 11.2. The number of piperazine rings is 1. The van der Waals surface area contributed by atoms with Crippen LogP contribution in [0.4, 0.5) is 14.5 Å². The molecule has 0 saturated carbocycles. The van der Waals surface area contributed by atoms with Crippen LogP contribution in [0, 0.1) is 6.92 Å². The van der Waals surface area contributed by atoms with Gasteiger partial charge >= 0.3 is 6.61 Å². The number of benzene rings is 1. The molecule has 1 unspecified atom stereocenters. The minimum Gasteiger partial charge on any atom is -0.435 e. The van der Waals surface area contributed by atoms with E-state index in [2.05, 4.69) is 19.5 Å². The number of rotatable bonds is 4. The first-order valence-electron chi connectivity index (χ1n) is 9.36. The van der Waals surface area contributed by atoms with E-state index in [1.165, 1.54) is 6.07 Å². The van der Waals surface area contributed by atoms with Gasteiger partial charge in [0.15, 0.2) is 9.84 Å². The fourth-order valence-electron chi connectivity index (χ4n) is 4.14. The van der Waals surface area contributed by atoms with Crippen LogP contribution in [-0.4, -0.2) is 68.6 Å². The molecule has 9 heteroatoms. The summed E-state index contributed by atoms with van der Waals surface area (Å²) in [5.41, 5.74) is 2.54. The number of alkyl halides is 2. The average molecular weight is 411 g/mol. The SMILES string of the molecule is Cc1cc(N2CCN(C3CCS(=O)(=O)C3)CC2)c2cc(OC(F)F)ccc2n1. The third-order valence-corrected chi connectivity index (χ3v) is 7.24. The van der Waals surface area contributed by atoms with E-state index in [4.69, 9.17) is 0 Å². The number of hydrogen-bond acceptors (Lipinski definition) is 6. The Labute approximate surface area is 163 Å². The zero-order chi connectivity index (χ0) is 19.9. The Hall–Kier alpha value is -2.00. The molecule has 3 heterocycles. The van der Waals surface area contributed by atoms with Gasteiger partial charge in [0.1, 0.15) is 5.75 Å². The van der Waals surface area contributed by atoms with Gasteiger partial charge in [-0.15, -0.1) is 0 Å². The second-order valence-corrected chi connectivity index (χ2v) is 9.65. The van der Waals surface area contributed by atoms with Crippen molar-refractivity contribution in [3.05, 3.63) is 30.0 Å². The van der Waals surface area contributed by atoms with Gasteiger partial charge in [-0.05, 0) is 37.6 Å². The molecule has 6 nitrogen and oxygen atoms in total. The van der Waals surface area contributed by atoms with Crippen molar-refractivity contribution >= 4 is 26.4 Å². The van der Waals surface area contributed by atoms with Crippen molar-refractivity contribution in [1.29, 1.82) is 0 Å². The standard InChI is InChI=1S/C19H23F2N3O3S/c1-13-10-18(16-11-15(27-19(20)21)2-3-17(16)22-13)24-7-5-23(6-8-24)14-4-9-28(25,26)12-14/h2-3,10-11,14,19H,4-9,12H2,1H3. The highest BCUT2D eigenvalue weighted by Crippen LogP contribution is 2.32. The van der Waals surface area contributed by atoms with Crippen molar-refractivity contribution in [2.75, 3.05) is 42.6 Å². The lowest BCUT2D eigenvalue weighted by atomic mass is 10.1. The van der Waals surface area contributed by atoms with Crippen LogP contribution in [0.5, 0.6) is 5.75 Å². The number of anilines is 1. The van der Waals surface area contributed by atoms with E-state index in [9.17, 15) is 17.2 Å². The van der Waals surface area contributed by atoms with E-state index >= 15 is 0 Å². The number of fused-ring (bicyclic) bond motifs is 1. The Balaban J connectivity index is 1.55. The van der Waals surface area contributed by atoms with Crippen molar-refractivity contribution in [1.82, 2.24) is 9.88 Å². The first kappa shape index (κ1) is 19.3. The molecule has 0 spiro atoms. The van der Waals surface area contributed by atoms with Crippen LogP contribution in [0.2, 0.25) is 0 Å². The van der Waals surface area contributed by atoms with Gasteiger partial charge in [0.2, 0.25) is 0 Å². The quantitative estimate of drug-likeness (QED) is 0.770. The monoisotopic (exact) mass is 411 g/mol. The number of pyridine rings is 1. The summed E-state index contributed by atoms with van der Waals surface area (Å²) in [5, 5.41) is 0.778. The molecule has 2 fully saturated rings. The fraction of sp³-hybridized carbons (Fsp3) is 0.526. The predicted molar refractivity (Wildman–Crippen MR) is 104 cm³/mol. The van der Waals surface area contributed by atoms with Gasteiger partial charge in [0.25, 0.3) is 0 Å². The lowest BCUT2D eigenvalue weighted by molar-refractivity contribution is -0.0497. The van der Waals surface area contributed by atoms with Gasteiger partial charge in [-0.1, -0.05) is 0 Å². The Morgan fingerprint density at radius 1 is 1.18 bits per heavy atom. The molecule has 152 valence electrons. The molecule has 28 heavy (non-hydrogen) atoms. The number of aryl methyl sites for hydroxylation is 1. The summed E-state index contributed by atoms with van der Waals surface area (Å²) in [6.07, 6.45) is 0.702. The summed E-state index contributed by atoms with van der Waals surface area (Å²) < 4.78 is 53.2. The van der Waals surface area contributed by atoms with Crippen LogP contribution in [0.25, 0.3) is 10.9 Å². The van der Waals surface area contributed by atoms with E-state index in [1.54, 1.807) is 12.1 Å². The summed E-state index contributed by atoms with van der Waals surface area (Å²) in [6.45, 7) is 2.08. The molecule has 1 atom stereocenters. The molecule has 0 amide bonds. The number of sulfone groups is 1. The van der Waals surface area contributed by atoms with Crippen molar-refractivity contribution in [2.24, 2.45) is 0 Å². The summed E-state index contributed by atoms with van der Waals surface area (Å²) in [5.74, 6) is 0.640. The molecule has 4 rings (SSSR count). The molecule has 0 aliphatic carbocycles. The van der Waals surface area contributed by atoms with Gasteiger partial charge < -0.3 is 9.64 Å². The first-order chi connectivity index (χ1) is 13.3. The zero-order valence-corrected chi connectivity index (χ0v) is 16.5. The number of hydrogen-bond donors (Lipinski definition) is 0. The molecule has 1 aromatic heterocycles. The molecule has 2 aliphatic heterocycles. The van der Waals surface area contributed by atoms with Crippen LogP contribution in [-0.2, 0) is 9.84 Å². The highest BCUT2D eigenvalue weighted by molar-refractivity contribution is 7.91. The van der Waals surface area contributed by atoms with Crippen LogP contribution >= 0.6 is 0 Å². The third kappa shape index (κ3) is 4.05. The van der Waals surface area contributed by atoms with E-state index in [0.29, 0.717) is 6.42 Å². The summed E-state index contributed by atoms with van der Waals surface area (Å²) >= 11 is 0. The highest BCUT2D eigenvalue weighted by Gasteiger charge is 2.33. The normalized spacial score (nSPS) is 22.9. The molecular weight excluding hydrogens is 388 g/mol. The number of nitrogens with zero attached hydrogens (tertiary/aromatic N) is 3. The van der Waals surface area contributed by atoms with Gasteiger partial charge in [-0.25, -0.2) is 8.42 Å². The summed E-state index contributed by atoms with van der Waals surface area (Å²) in [6, 6.07) is 6.88. The fourth-order valence-corrected chi connectivity index (χ4v) is 5.91. The number of aromatic nitrogens is 1. The second-order valence-electron chi connectivity index (χ2n) is 7.42. The molecule has 2 saturated heterocycles. The maximum atomic E-state index is 12.6. The maximum Gasteiger partial charge on any atom is 0.387 e. The zero-order valence-electron chi connectivity index (χ0n) is 15.6. The van der Waals surface area contributed by atoms with Gasteiger partial charge in [0.05, 0.1) is 17.0 Å². The molecule has 1 aromatic carbocycles. The van der Waals surface area contributed by atoms with Gasteiger partial charge in [-0.2, -0.15) is 8.78 Å². The lowest BCUT2D eigenvalue weighted by Crippen LogP contribution is -2.50. The average Bonchev–Trinajstić information content (AvgIpc) is 3.01. The molecule has 2 aromatic rings. The van der Waals surface area contributed by atoms with E-state index < -0.39 is 16.4 Å². The Morgan fingerprint density at radius 2 is 1.93 bits per heavy atom. The highest BCUT2D eigenvalue weighted by atomic mass is 32.2. The van der Waals surface area contributed by atoms with E-state index in [0.717, 1.165) is 48.5 Å². The maximum absolute atomic E-state index is 12.6. The molecule has 0 N–H and O–H groups in total. The topological polar surface area (TPSA) is 62.7 Å². The minimum absolute atomic E-state index is 0.106.